The molecule has 1 atom stereocenters. The van der Waals surface area contributed by atoms with Gasteiger partial charge in [-0.15, -0.1) is 0 Å². The third kappa shape index (κ3) is 4.42. The van der Waals surface area contributed by atoms with Crippen molar-refractivity contribution >= 4 is 21.6 Å². The molecule has 0 bridgehead atoms. The Labute approximate surface area is 153 Å². The Hall–Kier alpha value is -2.38. The molecule has 6 nitrogen and oxygen atoms in total. The highest BCUT2D eigenvalue weighted by Crippen LogP contribution is 2.33. The molecule has 0 saturated heterocycles. The zero-order valence-electron chi connectivity index (χ0n) is 14.6. The minimum absolute atomic E-state index is 0.0131. The zero-order chi connectivity index (χ0) is 18.6. The van der Waals surface area contributed by atoms with Crippen LogP contribution in [0.15, 0.2) is 54.6 Å². The third-order valence-electron chi connectivity index (χ3n) is 4.33. The van der Waals surface area contributed by atoms with Crippen molar-refractivity contribution in [3.63, 3.8) is 0 Å². The van der Waals surface area contributed by atoms with Crippen LogP contribution in [0.2, 0.25) is 0 Å². The van der Waals surface area contributed by atoms with E-state index in [4.69, 9.17) is 4.74 Å². The van der Waals surface area contributed by atoms with Gasteiger partial charge in [0, 0.05) is 20.0 Å². The molecule has 26 heavy (non-hydrogen) atoms. The number of nitrogens with zero attached hydrogens (tertiary/aromatic N) is 1. The number of nitrogens with one attached hydrogen (secondary N) is 1. The number of para-hydroxylation sites is 2. The van der Waals surface area contributed by atoms with Crippen LogP contribution in [0.25, 0.3) is 0 Å². The molecule has 1 aliphatic heterocycles. The van der Waals surface area contributed by atoms with Crippen molar-refractivity contribution < 1.29 is 17.9 Å². The molecule has 7 heteroatoms. The molecule has 138 valence electrons. The lowest BCUT2D eigenvalue weighted by Gasteiger charge is -2.31. The van der Waals surface area contributed by atoms with E-state index in [2.05, 4.69) is 4.72 Å². The summed E-state index contributed by atoms with van der Waals surface area (Å²) in [6.07, 6.45) is 0.0412. The van der Waals surface area contributed by atoms with Crippen LogP contribution in [0.4, 0.5) is 5.69 Å². The second-order valence-corrected chi connectivity index (χ2v) is 8.14. The highest BCUT2D eigenvalue weighted by Gasteiger charge is 2.31. The van der Waals surface area contributed by atoms with Gasteiger partial charge in [-0.05, 0) is 24.1 Å². The number of aryl methyl sites for hydroxylation is 1. The molecule has 0 radical (unpaired) electrons. The molecule has 0 aliphatic carbocycles. The topological polar surface area (TPSA) is 75.7 Å². The van der Waals surface area contributed by atoms with E-state index < -0.39 is 16.1 Å². The number of rotatable bonds is 7. The molecule has 1 amide bonds. The minimum atomic E-state index is -3.40. The minimum Gasteiger partial charge on any atom is -0.478 e. The van der Waals surface area contributed by atoms with Crippen LogP contribution in [0.5, 0.6) is 5.75 Å². The van der Waals surface area contributed by atoms with Gasteiger partial charge in [-0.3, -0.25) is 4.79 Å². The first kappa shape index (κ1) is 18.4. The quantitative estimate of drug-likeness (QED) is 0.804. The van der Waals surface area contributed by atoms with E-state index >= 15 is 0 Å². The summed E-state index contributed by atoms with van der Waals surface area (Å²) in [5, 5.41) is 0. The highest BCUT2D eigenvalue weighted by molar-refractivity contribution is 7.89. The summed E-state index contributed by atoms with van der Waals surface area (Å²) in [6, 6.07) is 16.8. The summed E-state index contributed by atoms with van der Waals surface area (Å²) in [5.41, 5.74) is 1.69. The summed E-state index contributed by atoms with van der Waals surface area (Å²) >= 11 is 0. The van der Waals surface area contributed by atoms with Crippen molar-refractivity contribution in [1.82, 2.24) is 4.72 Å². The first-order valence-electron chi connectivity index (χ1n) is 8.51. The van der Waals surface area contributed by atoms with Gasteiger partial charge < -0.3 is 9.64 Å². The fourth-order valence-corrected chi connectivity index (χ4v) is 3.95. The maximum Gasteiger partial charge on any atom is 0.267 e. The highest BCUT2D eigenvalue weighted by atomic mass is 32.2. The van der Waals surface area contributed by atoms with Gasteiger partial charge in [0.05, 0.1) is 11.4 Å². The average Bonchev–Trinajstić information content (AvgIpc) is 2.65. The molecular formula is C19H22N2O4S. The molecule has 1 aliphatic rings. The summed E-state index contributed by atoms with van der Waals surface area (Å²) in [6.45, 7) is 0.156. The van der Waals surface area contributed by atoms with Crippen LogP contribution in [0, 0.1) is 0 Å². The van der Waals surface area contributed by atoms with Crippen LogP contribution in [0.1, 0.15) is 12.0 Å². The number of benzene rings is 2. The average molecular weight is 374 g/mol. The maximum absolute atomic E-state index is 12.4. The number of carbonyl (C=O) groups is 1. The van der Waals surface area contributed by atoms with E-state index in [0.29, 0.717) is 12.2 Å². The molecule has 2 aromatic carbocycles. The van der Waals surface area contributed by atoms with E-state index in [1.54, 1.807) is 18.0 Å². The molecular weight excluding hydrogens is 352 g/mol. The Morgan fingerprint density at radius 1 is 1.08 bits per heavy atom. The lowest BCUT2D eigenvalue weighted by Crippen LogP contribution is -2.45. The standard InChI is InChI=1S/C19H22N2O4S/c1-21-16-9-5-6-10-17(16)25-18(19(21)22)11-13-20-26(23,24)14-12-15-7-3-2-4-8-15/h2-10,18,20H,11-14H2,1H3. The summed E-state index contributed by atoms with van der Waals surface area (Å²) in [5.74, 6) is 0.470. The van der Waals surface area contributed by atoms with E-state index in [1.165, 1.54) is 0 Å². The fraction of sp³-hybridized carbons (Fsp3) is 0.316. The van der Waals surface area contributed by atoms with Crippen molar-refractivity contribution in [2.45, 2.75) is 18.9 Å². The molecule has 1 unspecified atom stereocenters. The molecule has 0 spiro atoms. The Bertz CT molecular complexity index is 868. The smallest absolute Gasteiger partial charge is 0.267 e. The number of likely N-dealkylation sites (N-methyl/N-ethyl adjacent to an activating group) is 1. The SMILES string of the molecule is CN1C(=O)C(CCNS(=O)(=O)CCc2ccccc2)Oc2ccccc21. The largest absolute Gasteiger partial charge is 0.478 e. The lowest BCUT2D eigenvalue weighted by molar-refractivity contribution is -0.126. The van der Waals surface area contributed by atoms with E-state index in [0.717, 1.165) is 11.3 Å². The van der Waals surface area contributed by atoms with Crippen molar-refractivity contribution in [3.05, 3.63) is 60.2 Å². The van der Waals surface area contributed by atoms with Gasteiger partial charge in [0.2, 0.25) is 10.0 Å². The van der Waals surface area contributed by atoms with Crippen molar-refractivity contribution in [2.75, 3.05) is 24.2 Å². The Morgan fingerprint density at radius 2 is 1.77 bits per heavy atom. The number of sulfonamides is 1. The molecule has 0 aromatic heterocycles. The van der Waals surface area contributed by atoms with E-state index in [1.807, 2.05) is 48.5 Å². The lowest BCUT2D eigenvalue weighted by atomic mass is 10.1. The van der Waals surface area contributed by atoms with Gasteiger partial charge in [-0.25, -0.2) is 13.1 Å². The number of carbonyl (C=O) groups excluding carboxylic acids is 1. The van der Waals surface area contributed by atoms with Crippen molar-refractivity contribution in [1.29, 1.82) is 0 Å². The normalized spacial score (nSPS) is 16.9. The second-order valence-electron chi connectivity index (χ2n) is 6.21. The monoisotopic (exact) mass is 374 g/mol. The van der Waals surface area contributed by atoms with Gasteiger partial charge in [0.15, 0.2) is 6.10 Å². The molecule has 0 saturated carbocycles. The maximum atomic E-state index is 12.4. The van der Waals surface area contributed by atoms with Crippen LogP contribution >= 0.6 is 0 Å². The van der Waals surface area contributed by atoms with Crippen molar-refractivity contribution in [2.24, 2.45) is 0 Å². The molecule has 3 rings (SSSR count). The number of amides is 1. The molecule has 2 aromatic rings. The number of anilines is 1. The molecule has 1 heterocycles. The van der Waals surface area contributed by atoms with Crippen LogP contribution in [-0.4, -0.2) is 39.8 Å². The zero-order valence-corrected chi connectivity index (χ0v) is 15.4. The molecule has 0 fully saturated rings. The predicted molar refractivity (Wildman–Crippen MR) is 101 cm³/mol. The summed E-state index contributed by atoms with van der Waals surface area (Å²) in [4.78, 5) is 13.9. The first-order chi connectivity index (χ1) is 12.5. The number of hydrogen-bond acceptors (Lipinski definition) is 4. The van der Waals surface area contributed by atoms with Gasteiger partial charge in [0.25, 0.3) is 5.91 Å². The van der Waals surface area contributed by atoms with Gasteiger partial charge in [-0.1, -0.05) is 42.5 Å². The summed E-state index contributed by atoms with van der Waals surface area (Å²) in [7, 11) is -1.71. The van der Waals surface area contributed by atoms with E-state index in [-0.39, 0.29) is 24.6 Å². The summed E-state index contributed by atoms with van der Waals surface area (Å²) < 4.78 is 32.6. The van der Waals surface area contributed by atoms with Crippen LogP contribution in [0.3, 0.4) is 0 Å². The van der Waals surface area contributed by atoms with Gasteiger partial charge in [0.1, 0.15) is 5.75 Å². The first-order valence-corrected chi connectivity index (χ1v) is 10.2. The van der Waals surface area contributed by atoms with Crippen LogP contribution in [-0.2, 0) is 21.2 Å². The Kier molecular flexibility index (Phi) is 5.58. The molecule has 1 N–H and O–H groups in total. The van der Waals surface area contributed by atoms with Gasteiger partial charge >= 0.3 is 0 Å². The number of hydrogen-bond donors (Lipinski definition) is 1. The number of fused-ring (bicyclic) bond motifs is 1. The number of ether oxygens (including phenoxy) is 1. The second kappa shape index (κ2) is 7.88. The third-order valence-corrected chi connectivity index (χ3v) is 5.72. The van der Waals surface area contributed by atoms with Crippen molar-refractivity contribution in [3.8, 4) is 5.75 Å². The Morgan fingerprint density at radius 3 is 2.54 bits per heavy atom. The fourth-order valence-electron chi connectivity index (χ4n) is 2.87. The van der Waals surface area contributed by atoms with Crippen LogP contribution < -0.4 is 14.4 Å². The predicted octanol–water partition coefficient (Wildman–Crippen LogP) is 1.96. The van der Waals surface area contributed by atoms with Gasteiger partial charge in [-0.2, -0.15) is 0 Å². The van der Waals surface area contributed by atoms with E-state index in [9.17, 15) is 13.2 Å². The Balaban J connectivity index is 1.52.